The van der Waals surface area contributed by atoms with E-state index < -0.39 is 0 Å². The summed E-state index contributed by atoms with van der Waals surface area (Å²) >= 11 is 0. The summed E-state index contributed by atoms with van der Waals surface area (Å²) in [6, 6.07) is 20.7. The van der Waals surface area contributed by atoms with Crippen molar-refractivity contribution in [3.8, 4) is 46.0 Å². The highest BCUT2D eigenvalue weighted by Gasteiger charge is 2.16. The van der Waals surface area contributed by atoms with E-state index in [0.717, 1.165) is 101 Å². The van der Waals surface area contributed by atoms with Crippen LogP contribution in [0, 0.1) is 13.8 Å². The van der Waals surface area contributed by atoms with Crippen molar-refractivity contribution in [3.05, 3.63) is 95.1 Å². The standard InChI is InChI=1S/C22H28N2O5.C14H14O3.C4H9NO.C2H6.CH4.H2/c25-21-3-1-19(13-17(21)15-23-5-9-27-10-6-23)29-20-2-4-22(26)18(14-20)16-24-7-11-28-12-8-24;1-9-7-11(3-5-13(9)15)17-12-4-6-14(16)10(2)8-12;1-3-6-4-2-5-1;1-2;;/h1-4,13-14,25-26H,5-12,15-16H2;3-8,15-16H,1-2H3;5H,1-4H2;1-2H3;1H4;1H. The maximum absolute atomic E-state index is 10.2. The van der Waals surface area contributed by atoms with E-state index >= 15 is 0 Å². The highest BCUT2D eigenvalue weighted by atomic mass is 16.5. The fourth-order valence-electron chi connectivity index (χ4n) is 5.68. The highest BCUT2D eigenvalue weighted by Crippen LogP contribution is 2.32. The zero-order valence-electron chi connectivity index (χ0n) is 32.1. The number of morpholine rings is 3. The van der Waals surface area contributed by atoms with Crippen molar-refractivity contribution in [2.75, 3.05) is 78.9 Å². The number of nitrogens with one attached hydrogen (secondary N) is 1. The van der Waals surface area contributed by atoms with E-state index in [4.69, 9.17) is 23.7 Å². The maximum atomic E-state index is 10.2. The van der Waals surface area contributed by atoms with Gasteiger partial charge in [0.05, 0.1) is 39.6 Å². The number of nitrogens with zero attached hydrogens (tertiary/aromatic N) is 2. The van der Waals surface area contributed by atoms with E-state index in [1.165, 1.54) is 0 Å². The summed E-state index contributed by atoms with van der Waals surface area (Å²) in [5, 5.41) is 42.4. The highest BCUT2D eigenvalue weighted by molar-refractivity contribution is 5.45. The topological polar surface area (TPSA) is 146 Å². The molecule has 0 saturated carbocycles. The van der Waals surface area contributed by atoms with Crippen molar-refractivity contribution in [2.45, 2.75) is 48.2 Å². The van der Waals surface area contributed by atoms with Crippen LogP contribution in [0.1, 0.15) is 45.0 Å². The van der Waals surface area contributed by atoms with Crippen LogP contribution in [-0.4, -0.2) is 109 Å². The van der Waals surface area contributed by atoms with Gasteiger partial charge in [-0.25, -0.2) is 0 Å². The first-order chi connectivity index (χ1) is 26.2. The maximum Gasteiger partial charge on any atom is 0.128 e. The fourth-order valence-corrected chi connectivity index (χ4v) is 5.68. The lowest BCUT2D eigenvalue weighted by atomic mass is 10.1. The molecule has 3 heterocycles. The molecule has 0 aliphatic carbocycles. The van der Waals surface area contributed by atoms with E-state index in [1.54, 1.807) is 60.7 Å². The second-order valence-corrected chi connectivity index (χ2v) is 12.8. The number of ether oxygens (including phenoxy) is 5. The summed E-state index contributed by atoms with van der Waals surface area (Å²) in [5.41, 5.74) is 3.18. The Morgan fingerprint density at radius 3 is 1.16 bits per heavy atom. The molecule has 304 valence electrons. The minimum atomic E-state index is 0. The Kier molecular flexibility index (Phi) is 19.6. The first-order valence-electron chi connectivity index (χ1n) is 18.7. The van der Waals surface area contributed by atoms with Crippen LogP contribution < -0.4 is 14.8 Å². The van der Waals surface area contributed by atoms with Gasteiger partial charge in [0, 0.05) is 64.9 Å². The van der Waals surface area contributed by atoms with Gasteiger partial charge < -0.3 is 49.4 Å². The third kappa shape index (κ3) is 15.2. The molecule has 0 amide bonds. The summed E-state index contributed by atoms with van der Waals surface area (Å²) in [6.45, 7) is 19.1. The smallest absolute Gasteiger partial charge is 0.128 e. The molecule has 3 fully saturated rings. The molecule has 0 radical (unpaired) electrons. The number of hydrogen-bond donors (Lipinski definition) is 5. The van der Waals surface area contributed by atoms with Crippen molar-refractivity contribution in [1.82, 2.24) is 15.1 Å². The lowest BCUT2D eigenvalue weighted by Gasteiger charge is -2.27. The molecule has 12 heteroatoms. The van der Waals surface area contributed by atoms with Gasteiger partial charge in [-0.3, -0.25) is 9.80 Å². The van der Waals surface area contributed by atoms with Gasteiger partial charge in [-0.05, 0) is 97.8 Å². The number of phenols is 4. The normalized spacial score (nSPS) is 15.7. The molecule has 55 heavy (non-hydrogen) atoms. The van der Waals surface area contributed by atoms with Crippen LogP contribution in [-0.2, 0) is 27.3 Å². The quantitative estimate of drug-likeness (QED) is 0.121. The van der Waals surface area contributed by atoms with E-state index in [1.807, 2.05) is 39.8 Å². The number of hydrogen-bond acceptors (Lipinski definition) is 12. The molecule has 5 N–H and O–H groups in total. The Bertz CT molecular complexity index is 1580. The van der Waals surface area contributed by atoms with Gasteiger partial charge in [-0.15, -0.1) is 0 Å². The molecule has 0 bridgehead atoms. The molecular formula is C43H63N3O9. The molecule has 0 unspecified atom stereocenters. The summed E-state index contributed by atoms with van der Waals surface area (Å²) in [5.74, 6) is 3.67. The zero-order chi connectivity index (χ0) is 38.7. The van der Waals surface area contributed by atoms with Crippen molar-refractivity contribution in [3.63, 3.8) is 0 Å². The van der Waals surface area contributed by atoms with Crippen molar-refractivity contribution in [1.29, 1.82) is 0 Å². The predicted molar refractivity (Wildman–Crippen MR) is 218 cm³/mol. The number of aromatic hydroxyl groups is 4. The van der Waals surface area contributed by atoms with Crippen molar-refractivity contribution < 1.29 is 45.5 Å². The van der Waals surface area contributed by atoms with Crippen molar-refractivity contribution >= 4 is 0 Å². The Hall–Kier alpha value is -4.56. The van der Waals surface area contributed by atoms with Crippen LogP contribution in [0.5, 0.6) is 46.0 Å². The third-order valence-electron chi connectivity index (χ3n) is 8.75. The second kappa shape index (κ2) is 24.1. The molecule has 3 saturated heterocycles. The van der Waals surface area contributed by atoms with Crippen LogP contribution in [0.25, 0.3) is 0 Å². The largest absolute Gasteiger partial charge is 0.508 e. The number of aryl methyl sites for hydroxylation is 2. The third-order valence-corrected chi connectivity index (χ3v) is 8.75. The van der Waals surface area contributed by atoms with Gasteiger partial charge in [-0.2, -0.15) is 0 Å². The molecule has 0 spiro atoms. The summed E-state index contributed by atoms with van der Waals surface area (Å²) in [7, 11) is 0. The van der Waals surface area contributed by atoms with Crippen LogP contribution in [0.3, 0.4) is 0 Å². The lowest BCUT2D eigenvalue weighted by Crippen LogP contribution is -2.35. The average molecular weight is 766 g/mol. The van der Waals surface area contributed by atoms with Gasteiger partial charge in [-0.1, -0.05) is 21.3 Å². The lowest BCUT2D eigenvalue weighted by molar-refractivity contribution is 0.0338. The summed E-state index contributed by atoms with van der Waals surface area (Å²) in [4.78, 5) is 4.51. The number of rotatable bonds is 8. The Morgan fingerprint density at radius 1 is 0.527 bits per heavy atom. The molecular weight excluding hydrogens is 702 g/mol. The Balaban J connectivity index is 0.000000339. The van der Waals surface area contributed by atoms with Crippen LogP contribution in [0.15, 0.2) is 72.8 Å². The van der Waals surface area contributed by atoms with Gasteiger partial charge in [0.2, 0.25) is 0 Å². The van der Waals surface area contributed by atoms with E-state index in [2.05, 4.69) is 15.1 Å². The molecule has 0 atom stereocenters. The van der Waals surface area contributed by atoms with Crippen LogP contribution in [0.2, 0.25) is 0 Å². The Morgan fingerprint density at radius 2 is 0.855 bits per heavy atom. The number of phenolic OH excluding ortho intramolecular Hbond substituents is 4. The van der Waals surface area contributed by atoms with Crippen molar-refractivity contribution in [2.24, 2.45) is 0 Å². The van der Waals surface area contributed by atoms with Gasteiger partial charge >= 0.3 is 0 Å². The first-order valence-corrected chi connectivity index (χ1v) is 18.7. The summed E-state index contributed by atoms with van der Waals surface area (Å²) in [6.07, 6.45) is 0. The second-order valence-electron chi connectivity index (χ2n) is 12.8. The SMILES string of the molecule is C.C1COCCN1.CC.Cc1cc(Oc2ccc(O)c(C)c2)ccc1O.Oc1ccc(Oc2ccc(O)c(CN3CCOCC3)c2)cc1CN1CCOCC1.[HH]. The summed E-state index contributed by atoms with van der Waals surface area (Å²) < 4.78 is 27.4. The first kappa shape index (κ1) is 44.8. The van der Waals surface area contributed by atoms with Gasteiger partial charge in [0.25, 0.3) is 0 Å². The van der Waals surface area contributed by atoms with Gasteiger partial charge in [0.15, 0.2) is 0 Å². The minimum absolute atomic E-state index is 0. The molecule has 7 rings (SSSR count). The van der Waals surface area contributed by atoms with E-state index in [0.29, 0.717) is 36.1 Å². The fraction of sp³-hybridized carbons (Fsp3) is 0.442. The molecule has 3 aliphatic heterocycles. The average Bonchev–Trinajstić information content (AvgIpc) is 3.20. The monoisotopic (exact) mass is 765 g/mol. The molecule has 4 aromatic carbocycles. The predicted octanol–water partition coefficient (Wildman–Crippen LogP) is 7.58. The Labute approximate surface area is 328 Å². The van der Waals surface area contributed by atoms with Crippen LogP contribution in [0.4, 0.5) is 0 Å². The minimum Gasteiger partial charge on any atom is -0.508 e. The molecule has 4 aromatic rings. The molecule has 3 aliphatic rings. The zero-order valence-corrected chi connectivity index (χ0v) is 32.1. The van der Waals surface area contributed by atoms with Gasteiger partial charge in [0.1, 0.15) is 46.0 Å². The molecule has 0 aromatic heterocycles. The number of benzene rings is 4. The molecule has 12 nitrogen and oxygen atoms in total. The van der Waals surface area contributed by atoms with Crippen LogP contribution >= 0.6 is 0 Å². The van der Waals surface area contributed by atoms with E-state index in [-0.39, 0.29) is 31.9 Å². The van der Waals surface area contributed by atoms with E-state index in [9.17, 15) is 20.4 Å².